The maximum Gasteiger partial charge on any atom is 0.335 e. The highest BCUT2D eigenvalue weighted by Crippen LogP contribution is 2.09. The molecule has 1 heterocycles. The largest absolute Gasteiger partial charge is 0.478 e. The molecular weight excluding hydrogens is 242 g/mol. The first-order valence-electron chi connectivity index (χ1n) is 5.93. The summed E-state index contributed by atoms with van der Waals surface area (Å²) in [4.78, 5) is 19.2. The molecule has 0 atom stereocenters. The first-order valence-corrected chi connectivity index (χ1v) is 5.93. The van der Waals surface area contributed by atoms with Crippen LogP contribution in [-0.4, -0.2) is 21.0 Å². The van der Waals surface area contributed by atoms with Gasteiger partial charge in [0, 0.05) is 18.3 Å². The van der Waals surface area contributed by atoms with Crippen molar-refractivity contribution in [2.75, 3.05) is 5.32 Å². The Morgan fingerprint density at radius 3 is 2.47 bits per heavy atom. The van der Waals surface area contributed by atoms with Gasteiger partial charge in [0.05, 0.1) is 5.56 Å². The summed E-state index contributed by atoms with van der Waals surface area (Å²) in [6, 6.07) is 8.64. The van der Waals surface area contributed by atoms with E-state index in [2.05, 4.69) is 15.3 Å². The van der Waals surface area contributed by atoms with Gasteiger partial charge in [0.25, 0.3) is 0 Å². The minimum absolute atomic E-state index is 0.289. The van der Waals surface area contributed by atoms with E-state index in [1.165, 1.54) is 0 Å². The Labute approximate surface area is 111 Å². The molecule has 19 heavy (non-hydrogen) atoms. The smallest absolute Gasteiger partial charge is 0.335 e. The summed E-state index contributed by atoms with van der Waals surface area (Å²) < 4.78 is 0. The van der Waals surface area contributed by atoms with E-state index in [1.807, 2.05) is 19.9 Å². The zero-order valence-electron chi connectivity index (χ0n) is 10.8. The molecule has 0 spiro atoms. The molecule has 0 aliphatic rings. The van der Waals surface area contributed by atoms with Crippen LogP contribution in [0.5, 0.6) is 0 Å². The van der Waals surface area contributed by atoms with Crippen LogP contribution >= 0.6 is 0 Å². The second kappa shape index (κ2) is 5.48. The van der Waals surface area contributed by atoms with E-state index < -0.39 is 5.97 Å². The highest BCUT2D eigenvalue weighted by Gasteiger charge is 2.02. The number of aromatic nitrogens is 2. The molecule has 0 radical (unpaired) electrons. The number of nitrogens with one attached hydrogen (secondary N) is 1. The molecule has 0 saturated carbocycles. The van der Waals surface area contributed by atoms with Gasteiger partial charge in [-0.1, -0.05) is 12.1 Å². The molecule has 1 aromatic carbocycles. The van der Waals surface area contributed by atoms with E-state index in [4.69, 9.17) is 5.11 Å². The molecule has 2 rings (SSSR count). The second-order valence-corrected chi connectivity index (χ2v) is 4.30. The molecule has 0 fully saturated rings. The third kappa shape index (κ3) is 3.51. The van der Waals surface area contributed by atoms with E-state index in [0.717, 1.165) is 22.9 Å². The van der Waals surface area contributed by atoms with Crippen LogP contribution in [0.1, 0.15) is 27.4 Å². The van der Waals surface area contributed by atoms with Crippen molar-refractivity contribution in [1.82, 2.24) is 9.97 Å². The SMILES string of the molecule is Cc1cc(NCc2ccc(C(=O)O)cc2)nc(C)n1. The lowest BCUT2D eigenvalue weighted by Crippen LogP contribution is -2.04. The second-order valence-electron chi connectivity index (χ2n) is 4.30. The van der Waals surface area contributed by atoms with Crippen molar-refractivity contribution in [2.45, 2.75) is 20.4 Å². The number of carboxylic acids is 1. The molecule has 2 aromatic rings. The topological polar surface area (TPSA) is 75.1 Å². The summed E-state index contributed by atoms with van der Waals surface area (Å²) in [5, 5.41) is 12.0. The highest BCUT2D eigenvalue weighted by molar-refractivity contribution is 5.87. The van der Waals surface area contributed by atoms with E-state index >= 15 is 0 Å². The van der Waals surface area contributed by atoms with Crippen molar-refractivity contribution < 1.29 is 9.90 Å². The molecule has 2 N–H and O–H groups in total. The quantitative estimate of drug-likeness (QED) is 0.879. The van der Waals surface area contributed by atoms with Crippen molar-refractivity contribution in [3.05, 3.63) is 53.0 Å². The van der Waals surface area contributed by atoms with E-state index in [0.29, 0.717) is 6.54 Å². The van der Waals surface area contributed by atoms with Gasteiger partial charge in [-0.05, 0) is 31.5 Å². The number of anilines is 1. The summed E-state index contributed by atoms with van der Waals surface area (Å²) in [6.45, 7) is 4.36. The standard InChI is InChI=1S/C14H15N3O2/c1-9-7-13(17-10(2)16-9)15-8-11-3-5-12(6-4-11)14(18)19/h3-7H,8H2,1-2H3,(H,18,19)(H,15,16,17). The molecular formula is C14H15N3O2. The number of carboxylic acid groups (broad SMARTS) is 1. The Morgan fingerprint density at radius 2 is 1.89 bits per heavy atom. The van der Waals surface area contributed by atoms with Gasteiger partial charge in [-0.15, -0.1) is 0 Å². The molecule has 98 valence electrons. The Morgan fingerprint density at radius 1 is 1.21 bits per heavy atom. The van der Waals surface area contributed by atoms with Crippen molar-refractivity contribution in [1.29, 1.82) is 0 Å². The van der Waals surface area contributed by atoms with E-state index in [9.17, 15) is 4.79 Å². The summed E-state index contributed by atoms with van der Waals surface area (Å²) in [7, 11) is 0. The molecule has 0 saturated heterocycles. The van der Waals surface area contributed by atoms with Crippen LogP contribution in [0.25, 0.3) is 0 Å². The van der Waals surface area contributed by atoms with Gasteiger partial charge in [-0.25, -0.2) is 14.8 Å². The number of rotatable bonds is 4. The number of hydrogen-bond donors (Lipinski definition) is 2. The molecule has 0 aliphatic carbocycles. The number of hydrogen-bond acceptors (Lipinski definition) is 4. The van der Waals surface area contributed by atoms with Crippen LogP contribution in [-0.2, 0) is 6.54 Å². The summed E-state index contributed by atoms with van der Waals surface area (Å²) in [6.07, 6.45) is 0. The zero-order chi connectivity index (χ0) is 13.8. The van der Waals surface area contributed by atoms with Gasteiger partial charge in [-0.2, -0.15) is 0 Å². The minimum Gasteiger partial charge on any atom is -0.478 e. The first-order chi connectivity index (χ1) is 9.04. The summed E-state index contributed by atoms with van der Waals surface area (Å²) in [5.74, 6) is 0.581. The molecule has 5 nitrogen and oxygen atoms in total. The van der Waals surface area contributed by atoms with Crippen LogP contribution < -0.4 is 5.32 Å². The molecule has 1 aromatic heterocycles. The average molecular weight is 257 g/mol. The predicted molar refractivity (Wildman–Crippen MR) is 72.2 cm³/mol. The van der Waals surface area contributed by atoms with E-state index in [-0.39, 0.29) is 5.56 Å². The third-order valence-electron chi connectivity index (χ3n) is 2.64. The molecule has 5 heteroatoms. The number of carbonyl (C=O) groups is 1. The minimum atomic E-state index is -0.915. The zero-order valence-corrected chi connectivity index (χ0v) is 10.8. The summed E-state index contributed by atoms with van der Waals surface area (Å²) >= 11 is 0. The van der Waals surface area contributed by atoms with Gasteiger partial charge in [0.2, 0.25) is 0 Å². The molecule has 0 amide bonds. The van der Waals surface area contributed by atoms with Crippen LogP contribution in [0.4, 0.5) is 5.82 Å². The van der Waals surface area contributed by atoms with Crippen LogP contribution in [0.15, 0.2) is 30.3 Å². The van der Waals surface area contributed by atoms with Crippen molar-refractivity contribution in [2.24, 2.45) is 0 Å². The first kappa shape index (κ1) is 13.0. The molecule has 0 bridgehead atoms. The Balaban J connectivity index is 2.03. The van der Waals surface area contributed by atoms with Gasteiger partial charge in [0.1, 0.15) is 11.6 Å². The lowest BCUT2D eigenvalue weighted by molar-refractivity contribution is 0.0697. The third-order valence-corrected chi connectivity index (χ3v) is 2.64. The van der Waals surface area contributed by atoms with Crippen molar-refractivity contribution in [3.8, 4) is 0 Å². The molecule has 0 unspecified atom stereocenters. The summed E-state index contributed by atoms with van der Waals surface area (Å²) in [5.41, 5.74) is 2.20. The average Bonchev–Trinajstić information content (AvgIpc) is 2.36. The van der Waals surface area contributed by atoms with Gasteiger partial charge >= 0.3 is 5.97 Å². The van der Waals surface area contributed by atoms with Crippen LogP contribution in [0, 0.1) is 13.8 Å². The maximum atomic E-state index is 10.7. The van der Waals surface area contributed by atoms with Crippen molar-refractivity contribution in [3.63, 3.8) is 0 Å². The molecule has 0 aliphatic heterocycles. The number of aromatic carboxylic acids is 1. The Bertz CT molecular complexity index is 574. The van der Waals surface area contributed by atoms with Crippen LogP contribution in [0.3, 0.4) is 0 Å². The van der Waals surface area contributed by atoms with Gasteiger partial charge in [-0.3, -0.25) is 0 Å². The van der Waals surface area contributed by atoms with Crippen molar-refractivity contribution >= 4 is 11.8 Å². The maximum absolute atomic E-state index is 10.7. The lowest BCUT2D eigenvalue weighted by Gasteiger charge is -2.07. The van der Waals surface area contributed by atoms with E-state index in [1.54, 1.807) is 24.3 Å². The lowest BCUT2D eigenvalue weighted by atomic mass is 10.1. The monoisotopic (exact) mass is 257 g/mol. The fourth-order valence-corrected chi connectivity index (χ4v) is 1.77. The highest BCUT2D eigenvalue weighted by atomic mass is 16.4. The fourth-order valence-electron chi connectivity index (χ4n) is 1.77. The predicted octanol–water partition coefficient (Wildman–Crippen LogP) is 2.40. The van der Waals surface area contributed by atoms with Crippen LogP contribution in [0.2, 0.25) is 0 Å². The Hall–Kier alpha value is -2.43. The number of aryl methyl sites for hydroxylation is 2. The van der Waals surface area contributed by atoms with Gasteiger partial charge < -0.3 is 10.4 Å². The fraction of sp³-hybridized carbons (Fsp3) is 0.214. The Kier molecular flexibility index (Phi) is 3.75. The van der Waals surface area contributed by atoms with Gasteiger partial charge in [0.15, 0.2) is 0 Å². The number of nitrogens with zero attached hydrogens (tertiary/aromatic N) is 2. The normalized spacial score (nSPS) is 10.2. The number of benzene rings is 1.